The quantitative estimate of drug-likeness (QED) is 0.512. The molecule has 0 bridgehead atoms. The lowest BCUT2D eigenvalue weighted by Crippen LogP contribution is -2.60. The normalized spacial score (nSPS) is 27.5. The van der Waals surface area contributed by atoms with Gasteiger partial charge in [-0.25, -0.2) is 9.97 Å². The number of hydrogen-bond acceptors (Lipinski definition) is 8. The maximum absolute atomic E-state index is 13.5. The predicted molar refractivity (Wildman–Crippen MR) is 153 cm³/mol. The van der Waals surface area contributed by atoms with Gasteiger partial charge < -0.3 is 24.4 Å². The summed E-state index contributed by atoms with van der Waals surface area (Å²) in [5, 5.41) is 3.33. The van der Waals surface area contributed by atoms with Crippen molar-refractivity contribution in [3.05, 3.63) is 53.0 Å². The van der Waals surface area contributed by atoms with Crippen LogP contribution < -0.4 is 5.32 Å². The number of carbonyl (C=O) groups is 1. The van der Waals surface area contributed by atoms with Crippen LogP contribution in [0.15, 0.2) is 30.6 Å². The molecule has 4 saturated heterocycles. The third-order valence-corrected chi connectivity index (χ3v) is 9.34. The first kappa shape index (κ1) is 30.2. The van der Waals surface area contributed by atoms with Crippen LogP contribution in [0, 0.1) is 6.92 Å². The zero-order chi connectivity index (χ0) is 30.0. The van der Waals surface area contributed by atoms with Gasteiger partial charge in [-0.1, -0.05) is 12.1 Å². The summed E-state index contributed by atoms with van der Waals surface area (Å²) in [5.74, 6) is 0.510. The molecule has 234 valence electrons. The molecule has 4 aliphatic rings. The molecule has 6 rings (SSSR count). The first-order valence-electron chi connectivity index (χ1n) is 15.4. The second-order valence-corrected chi connectivity index (χ2v) is 12.0. The number of aromatic nitrogens is 2. The molecule has 1 amide bonds. The summed E-state index contributed by atoms with van der Waals surface area (Å²) < 4.78 is 56.7. The third-order valence-electron chi connectivity index (χ3n) is 9.34. The number of anilines is 1. The number of halogens is 3. The Kier molecular flexibility index (Phi) is 9.18. The van der Waals surface area contributed by atoms with Gasteiger partial charge in [0.15, 0.2) is 0 Å². The fourth-order valence-electron chi connectivity index (χ4n) is 6.95. The van der Waals surface area contributed by atoms with E-state index >= 15 is 0 Å². The van der Waals surface area contributed by atoms with Crippen molar-refractivity contribution in [3.63, 3.8) is 0 Å². The van der Waals surface area contributed by atoms with E-state index in [1.54, 1.807) is 0 Å². The van der Waals surface area contributed by atoms with Crippen molar-refractivity contribution < 1.29 is 32.2 Å². The number of likely N-dealkylation sites (tertiary alicyclic amines) is 1. The zero-order valence-corrected chi connectivity index (χ0v) is 24.5. The van der Waals surface area contributed by atoms with Crippen LogP contribution in [0.4, 0.5) is 19.0 Å². The minimum atomic E-state index is -4.36. The zero-order valence-electron chi connectivity index (χ0n) is 24.5. The Bertz CT molecular complexity index is 1250. The molecule has 0 unspecified atom stereocenters. The van der Waals surface area contributed by atoms with Gasteiger partial charge in [-0.2, -0.15) is 13.2 Å². The van der Waals surface area contributed by atoms with E-state index in [1.807, 2.05) is 11.8 Å². The van der Waals surface area contributed by atoms with Crippen molar-refractivity contribution >= 4 is 11.7 Å². The molecule has 0 radical (unpaired) electrons. The van der Waals surface area contributed by atoms with E-state index < -0.39 is 11.7 Å². The molecule has 9 nitrogen and oxygen atoms in total. The molecule has 0 spiro atoms. The number of nitrogens with one attached hydrogen (secondary N) is 1. The number of fused-ring (bicyclic) bond motifs is 1. The molecule has 2 aromatic rings. The highest BCUT2D eigenvalue weighted by molar-refractivity contribution is 5.94. The van der Waals surface area contributed by atoms with Crippen molar-refractivity contribution in [1.82, 2.24) is 19.8 Å². The van der Waals surface area contributed by atoms with E-state index in [1.165, 1.54) is 18.5 Å². The largest absolute Gasteiger partial charge is 0.416 e. The molecule has 4 atom stereocenters. The van der Waals surface area contributed by atoms with Gasteiger partial charge in [0.2, 0.25) is 0 Å². The molecular weight excluding hydrogens is 563 g/mol. The second-order valence-electron chi connectivity index (χ2n) is 12.0. The maximum Gasteiger partial charge on any atom is 0.416 e. The Balaban J connectivity index is 1.03. The summed E-state index contributed by atoms with van der Waals surface area (Å²) in [7, 11) is 0. The van der Waals surface area contributed by atoms with Crippen LogP contribution >= 0.6 is 0 Å². The highest BCUT2D eigenvalue weighted by atomic mass is 19.4. The molecule has 4 fully saturated rings. The first-order valence-corrected chi connectivity index (χ1v) is 15.4. The Morgan fingerprint density at radius 3 is 2.58 bits per heavy atom. The van der Waals surface area contributed by atoms with Gasteiger partial charge in [0.1, 0.15) is 17.8 Å². The van der Waals surface area contributed by atoms with Crippen LogP contribution in [0.2, 0.25) is 0 Å². The highest BCUT2D eigenvalue weighted by Gasteiger charge is 2.40. The minimum absolute atomic E-state index is 0.0800. The van der Waals surface area contributed by atoms with Crippen molar-refractivity contribution in [2.75, 3.05) is 51.3 Å². The number of hydrogen-bond donors (Lipinski definition) is 1. The average molecular weight is 604 g/mol. The summed E-state index contributed by atoms with van der Waals surface area (Å²) >= 11 is 0. The molecule has 4 aliphatic heterocycles. The lowest BCUT2D eigenvalue weighted by Gasteiger charge is -2.49. The van der Waals surface area contributed by atoms with E-state index in [0.29, 0.717) is 55.4 Å². The number of amides is 1. The van der Waals surface area contributed by atoms with Crippen LogP contribution in [-0.4, -0.2) is 96.0 Å². The third kappa shape index (κ3) is 6.82. The number of alkyl halides is 3. The Morgan fingerprint density at radius 1 is 1.02 bits per heavy atom. The van der Waals surface area contributed by atoms with Gasteiger partial charge in [-0.15, -0.1) is 0 Å². The SMILES string of the molecule is Cc1c(NC[C@H]2CCC[C@@H](c3ccc(C(F)(F)F)cc3)O2)ncnc1C(=O)N1CCC(N2CCO[C@@H]3COCC[C@@H]32)CC1. The molecule has 1 aromatic carbocycles. The predicted octanol–water partition coefficient (Wildman–Crippen LogP) is 4.62. The van der Waals surface area contributed by atoms with E-state index in [-0.39, 0.29) is 24.2 Å². The Labute approximate surface area is 250 Å². The van der Waals surface area contributed by atoms with Crippen LogP contribution in [0.3, 0.4) is 0 Å². The summed E-state index contributed by atoms with van der Waals surface area (Å²) in [6.45, 7) is 6.78. The van der Waals surface area contributed by atoms with Crippen molar-refractivity contribution in [2.45, 2.75) is 82.0 Å². The van der Waals surface area contributed by atoms with Gasteiger partial charge >= 0.3 is 6.18 Å². The average Bonchev–Trinajstić information content (AvgIpc) is 3.03. The van der Waals surface area contributed by atoms with Gasteiger partial charge in [0, 0.05) is 50.4 Å². The second kappa shape index (κ2) is 13.1. The number of nitrogens with zero attached hydrogens (tertiary/aromatic N) is 4. The summed E-state index contributed by atoms with van der Waals surface area (Å²) in [6.07, 6.45) is 2.12. The highest BCUT2D eigenvalue weighted by Crippen LogP contribution is 2.35. The van der Waals surface area contributed by atoms with Crippen LogP contribution in [0.1, 0.15) is 71.8 Å². The number of benzene rings is 1. The molecular formula is C31H40F3N5O4. The lowest BCUT2D eigenvalue weighted by atomic mass is 9.95. The Morgan fingerprint density at radius 2 is 1.81 bits per heavy atom. The first-order chi connectivity index (χ1) is 20.8. The molecule has 1 N–H and O–H groups in total. The fourth-order valence-corrected chi connectivity index (χ4v) is 6.95. The van der Waals surface area contributed by atoms with Gasteiger partial charge in [-0.3, -0.25) is 9.69 Å². The molecule has 5 heterocycles. The summed E-state index contributed by atoms with van der Waals surface area (Å²) in [4.78, 5) is 26.8. The smallest absolute Gasteiger partial charge is 0.379 e. The molecule has 43 heavy (non-hydrogen) atoms. The lowest BCUT2D eigenvalue weighted by molar-refractivity contribution is -0.148. The van der Waals surface area contributed by atoms with Gasteiger partial charge in [0.25, 0.3) is 5.91 Å². The minimum Gasteiger partial charge on any atom is -0.379 e. The van der Waals surface area contributed by atoms with Crippen molar-refractivity contribution in [3.8, 4) is 0 Å². The van der Waals surface area contributed by atoms with Crippen LogP contribution in [-0.2, 0) is 20.4 Å². The topological polar surface area (TPSA) is 89.0 Å². The Hall–Kier alpha value is -2.80. The number of piperidine rings is 1. The van der Waals surface area contributed by atoms with Crippen LogP contribution in [0.25, 0.3) is 0 Å². The van der Waals surface area contributed by atoms with E-state index in [0.717, 1.165) is 76.0 Å². The van der Waals surface area contributed by atoms with Gasteiger partial charge in [0.05, 0.1) is 37.1 Å². The summed E-state index contributed by atoms with van der Waals surface area (Å²) in [5.41, 5.74) is 1.18. The van der Waals surface area contributed by atoms with Gasteiger partial charge in [-0.05, 0) is 63.1 Å². The van der Waals surface area contributed by atoms with E-state index in [4.69, 9.17) is 14.2 Å². The number of ether oxygens (including phenoxy) is 3. The van der Waals surface area contributed by atoms with Crippen LogP contribution in [0.5, 0.6) is 0 Å². The van der Waals surface area contributed by atoms with Crippen molar-refractivity contribution in [1.29, 1.82) is 0 Å². The monoisotopic (exact) mass is 603 g/mol. The molecule has 0 saturated carbocycles. The number of carbonyl (C=O) groups excluding carboxylic acids is 1. The number of rotatable bonds is 6. The standard InChI is InChI=1S/C31H40F3N5O4/c1-20-28(30(40)38-12-9-23(10-13-38)39-14-16-42-27-18-41-15-11-25(27)39)36-19-37-29(20)35-17-24-3-2-4-26(43-24)21-5-7-22(8-6-21)31(32,33)34/h5-8,19,23-27H,2-4,9-18H2,1H3,(H,35,36,37)/t24-,25+,26+,27-/m1/s1. The fraction of sp³-hybridized carbons (Fsp3) is 0.645. The maximum atomic E-state index is 13.5. The van der Waals surface area contributed by atoms with E-state index in [2.05, 4.69) is 20.2 Å². The van der Waals surface area contributed by atoms with Crippen molar-refractivity contribution in [2.24, 2.45) is 0 Å². The summed E-state index contributed by atoms with van der Waals surface area (Å²) in [6, 6.07) is 6.05. The van der Waals surface area contributed by atoms with E-state index in [9.17, 15) is 18.0 Å². The molecule has 12 heteroatoms. The molecule has 0 aliphatic carbocycles. The molecule has 1 aromatic heterocycles. The number of morpholine rings is 1.